The van der Waals surface area contributed by atoms with Crippen LogP contribution < -0.4 is 22.3 Å². The van der Waals surface area contributed by atoms with E-state index >= 15 is 0 Å². The van der Waals surface area contributed by atoms with Gasteiger partial charge in [0, 0.05) is 13.7 Å². The van der Waals surface area contributed by atoms with Gasteiger partial charge in [-0.2, -0.15) is 0 Å². The number of nitrogens with two attached hydrogens (primary N) is 1. The molecule has 0 radical (unpaired) electrons. The van der Waals surface area contributed by atoms with Crippen molar-refractivity contribution in [1.29, 1.82) is 0 Å². The average molecular weight is 272 g/mol. The van der Waals surface area contributed by atoms with E-state index in [0.29, 0.717) is 6.61 Å². The lowest BCUT2D eigenvalue weighted by atomic mass is 10.1. The van der Waals surface area contributed by atoms with Crippen molar-refractivity contribution in [3.63, 3.8) is 0 Å². The summed E-state index contributed by atoms with van der Waals surface area (Å²) in [5.41, 5.74) is 3.66. The van der Waals surface area contributed by atoms with Crippen molar-refractivity contribution in [3.8, 4) is 0 Å². The van der Waals surface area contributed by atoms with Crippen molar-refractivity contribution in [2.75, 3.05) is 31.3 Å². The molecule has 108 valence electrons. The lowest BCUT2D eigenvalue weighted by Crippen LogP contribution is -2.37. The van der Waals surface area contributed by atoms with Gasteiger partial charge in [0.1, 0.15) is 11.5 Å². The molecule has 0 saturated heterocycles. The van der Waals surface area contributed by atoms with Crippen LogP contribution in [-0.4, -0.2) is 40.5 Å². The molecule has 1 aromatic heterocycles. The largest absolute Gasteiger partial charge is 0.389 e. The summed E-state index contributed by atoms with van der Waals surface area (Å²) in [5, 5.41) is 12.4. The number of nitrogens with zero attached hydrogens (tertiary/aromatic N) is 1. The van der Waals surface area contributed by atoms with Gasteiger partial charge in [-0.25, -0.2) is 4.79 Å². The fraction of sp³-hybridized carbons (Fsp3) is 0.636. The number of methoxy groups -OCH3 is 1. The van der Waals surface area contributed by atoms with Gasteiger partial charge in [0.15, 0.2) is 0 Å². The summed E-state index contributed by atoms with van der Waals surface area (Å²) in [7, 11) is 1.50. The van der Waals surface area contributed by atoms with Crippen LogP contribution in [0.4, 0.5) is 11.5 Å². The van der Waals surface area contributed by atoms with Crippen molar-refractivity contribution in [2.24, 2.45) is 0 Å². The summed E-state index contributed by atoms with van der Waals surface area (Å²) in [6, 6.07) is 0. The van der Waals surface area contributed by atoms with Crippen LogP contribution in [0.5, 0.6) is 0 Å². The number of rotatable bonds is 6. The molecule has 0 aliphatic heterocycles. The normalized spacial score (nSPS) is 11.6. The Kier molecular flexibility index (Phi) is 4.73. The second-order valence-corrected chi connectivity index (χ2v) is 4.83. The van der Waals surface area contributed by atoms with E-state index in [0.717, 1.165) is 0 Å². The maximum absolute atomic E-state index is 11.7. The van der Waals surface area contributed by atoms with Crippen molar-refractivity contribution in [3.05, 3.63) is 20.8 Å². The number of hydrogen-bond acceptors (Lipinski definition) is 6. The SMILES string of the molecule is COCCn1c(N)c(NCC(C)(C)O)c(=O)[nH]c1=O. The van der Waals surface area contributed by atoms with Gasteiger partial charge in [-0.1, -0.05) is 0 Å². The van der Waals surface area contributed by atoms with E-state index in [1.165, 1.54) is 11.7 Å². The van der Waals surface area contributed by atoms with Gasteiger partial charge in [0.2, 0.25) is 0 Å². The van der Waals surface area contributed by atoms with Gasteiger partial charge in [-0.05, 0) is 13.8 Å². The van der Waals surface area contributed by atoms with Crippen molar-refractivity contribution in [1.82, 2.24) is 9.55 Å². The molecule has 1 rings (SSSR count). The highest BCUT2D eigenvalue weighted by atomic mass is 16.5. The fourth-order valence-corrected chi connectivity index (χ4v) is 1.47. The number of aromatic nitrogens is 2. The van der Waals surface area contributed by atoms with Crippen LogP contribution in [0.1, 0.15) is 13.8 Å². The first kappa shape index (κ1) is 15.3. The van der Waals surface area contributed by atoms with Crippen LogP contribution in [0, 0.1) is 0 Å². The third-order valence-electron chi connectivity index (χ3n) is 2.46. The highest BCUT2D eigenvalue weighted by Gasteiger charge is 2.16. The number of aliphatic hydroxyl groups is 1. The highest BCUT2D eigenvalue weighted by molar-refractivity contribution is 5.60. The van der Waals surface area contributed by atoms with Crippen LogP contribution in [0.25, 0.3) is 0 Å². The number of hydrogen-bond donors (Lipinski definition) is 4. The lowest BCUT2D eigenvalue weighted by molar-refractivity contribution is 0.0945. The highest BCUT2D eigenvalue weighted by Crippen LogP contribution is 2.11. The van der Waals surface area contributed by atoms with Crippen LogP contribution >= 0.6 is 0 Å². The van der Waals surface area contributed by atoms with Gasteiger partial charge < -0.3 is 20.9 Å². The Morgan fingerprint density at radius 2 is 2.11 bits per heavy atom. The van der Waals surface area contributed by atoms with E-state index < -0.39 is 16.9 Å². The maximum Gasteiger partial charge on any atom is 0.330 e. The fourth-order valence-electron chi connectivity index (χ4n) is 1.47. The van der Waals surface area contributed by atoms with Crippen LogP contribution in [-0.2, 0) is 11.3 Å². The molecule has 1 aromatic rings. The molecule has 8 heteroatoms. The second-order valence-electron chi connectivity index (χ2n) is 4.83. The monoisotopic (exact) mass is 272 g/mol. The molecule has 19 heavy (non-hydrogen) atoms. The standard InChI is InChI=1S/C11H20N4O4/c1-11(2,18)6-13-7-8(12)15(4-5-19-3)10(17)14-9(7)16/h13,18H,4-6,12H2,1-3H3,(H,14,16,17). The number of nitrogens with one attached hydrogen (secondary N) is 2. The summed E-state index contributed by atoms with van der Waals surface area (Å²) in [6.07, 6.45) is 0. The summed E-state index contributed by atoms with van der Waals surface area (Å²) >= 11 is 0. The summed E-state index contributed by atoms with van der Waals surface area (Å²) in [4.78, 5) is 25.5. The molecule has 0 aliphatic carbocycles. The number of H-pyrrole nitrogens is 1. The van der Waals surface area contributed by atoms with Crippen molar-refractivity contribution < 1.29 is 9.84 Å². The number of aromatic amines is 1. The molecule has 1 heterocycles. The first-order valence-electron chi connectivity index (χ1n) is 5.84. The molecule has 0 fully saturated rings. The first-order chi connectivity index (χ1) is 8.76. The number of anilines is 2. The molecule has 5 N–H and O–H groups in total. The predicted octanol–water partition coefficient (Wildman–Crippen LogP) is -1.05. The molecular formula is C11H20N4O4. The topological polar surface area (TPSA) is 122 Å². The van der Waals surface area contributed by atoms with E-state index in [9.17, 15) is 14.7 Å². The zero-order valence-electron chi connectivity index (χ0n) is 11.3. The third kappa shape index (κ3) is 4.11. The van der Waals surface area contributed by atoms with Gasteiger partial charge in [-0.3, -0.25) is 14.3 Å². The molecule has 0 bridgehead atoms. The summed E-state index contributed by atoms with van der Waals surface area (Å²) in [6.45, 7) is 3.83. The lowest BCUT2D eigenvalue weighted by Gasteiger charge is -2.19. The number of nitrogen functional groups attached to an aromatic ring is 1. The van der Waals surface area contributed by atoms with Crippen molar-refractivity contribution in [2.45, 2.75) is 26.0 Å². The minimum atomic E-state index is -1.01. The Bertz CT molecular complexity index is 541. The Morgan fingerprint density at radius 1 is 1.47 bits per heavy atom. The molecule has 0 atom stereocenters. The predicted molar refractivity (Wildman–Crippen MR) is 72.4 cm³/mol. The van der Waals surface area contributed by atoms with E-state index in [2.05, 4.69) is 10.3 Å². The van der Waals surface area contributed by atoms with Crippen LogP contribution in [0.3, 0.4) is 0 Å². The Labute approximate surface area is 110 Å². The Hall–Kier alpha value is -1.80. The molecule has 0 amide bonds. The quantitative estimate of drug-likeness (QED) is 0.524. The summed E-state index contributed by atoms with van der Waals surface area (Å²) in [5.74, 6) is 0.0232. The number of ether oxygens (including phenoxy) is 1. The zero-order chi connectivity index (χ0) is 14.6. The second kappa shape index (κ2) is 5.89. The molecule has 0 saturated carbocycles. The van der Waals surface area contributed by atoms with E-state index in [-0.39, 0.29) is 24.6 Å². The molecule has 0 aromatic carbocycles. The summed E-state index contributed by atoms with van der Waals surface area (Å²) < 4.78 is 6.08. The van der Waals surface area contributed by atoms with Crippen LogP contribution in [0.15, 0.2) is 9.59 Å². The third-order valence-corrected chi connectivity index (χ3v) is 2.46. The van der Waals surface area contributed by atoms with E-state index in [4.69, 9.17) is 10.5 Å². The van der Waals surface area contributed by atoms with E-state index in [1.807, 2.05) is 0 Å². The Morgan fingerprint density at radius 3 is 2.63 bits per heavy atom. The minimum absolute atomic E-state index is 0.0232. The smallest absolute Gasteiger partial charge is 0.330 e. The van der Waals surface area contributed by atoms with Crippen molar-refractivity contribution >= 4 is 11.5 Å². The van der Waals surface area contributed by atoms with Gasteiger partial charge >= 0.3 is 5.69 Å². The first-order valence-corrected chi connectivity index (χ1v) is 5.84. The molecule has 0 unspecified atom stereocenters. The van der Waals surface area contributed by atoms with Gasteiger partial charge in [0.05, 0.1) is 18.8 Å². The van der Waals surface area contributed by atoms with Crippen LogP contribution in [0.2, 0.25) is 0 Å². The van der Waals surface area contributed by atoms with Gasteiger partial charge in [0.25, 0.3) is 5.56 Å². The average Bonchev–Trinajstić information content (AvgIpc) is 2.26. The van der Waals surface area contributed by atoms with E-state index in [1.54, 1.807) is 13.8 Å². The molecule has 8 nitrogen and oxygen atoms in total. The van der Waals surface area contributed by atoms with Gasteiger partial charge in [-0.15, -0.1) is 0 Å². The molecule has 0 spiro atoms. The zero-order valence-corrected chi connectivity index (χ0v) is 11.3. The maximum atomic E-state index is 11.7. The molecular weight excluding hydrogens is 252 g/mol. The molecule has 0 aliphatic rings. The Balaban J connectivity index is 3.10. The minimum Gasteiger partial charge on any atom is -0.389 e.